The number of thiophene rings is 1. The highest BCUT2D eigenvalue weighted by atomic mass is 32.1. The summed E-state index contributed by atoms with van der Waals surface area (Å²) in [5.74, 6) is -0.131. The third-order valence-corrected chi connectivity index (χ3v) is 3.77. The zero-order chi connectivity index (χ0) is 14.5. The Labute approximate surface area is 120 Å². The number of carbonyl (C=O) groups is 1. The van der Waals surface area contributed by atoms with Gasteiger partial charge in [-0.05, 0) is 31.2 Å². The lowest BCUT2D eigenvalue weighted by atomic mass is 10.1. The van der Waals surface area contributed by atoms with Crippen molar-refractivity contribution in [1.29, 1.82) is 0 Å². The zero-order valence-electron chi connectivity index (χ0n) is 11.0. The highest BCUT2D eigenvalue weighted by Crippen LogP contribution is 2.14. The maximum absolute atomic E-state index is 12.0. The van der Waals surface area contributed by atoms with E-state index in [9.17, 15) is 4.79 Å². The quantitative estimate of drug-likeness (QED) is 0.348. The lowest BCUT2D eigenvalue weighted by Crippen LogP contribution is -2.22. The van der Waals surface area contributed by atoms with Crippen LogP contribution in [0.5, 0.6) is 0 Å². The van der Waals surface area contributed by atoms with Crippen molar-refractivity contribution in [2.45, 2.75) is 13.5 Å². The number of nitrogens with one attached hydrogen (secondary N) is 1. The number of amidine groups is 1. The fourth-order valence-corrected chi connectivity index (χ4v) is 2.53. The maximum Gasteiger partial charge on any atom is 0.251 e. The first-order valence-corrected chi connectivity index (χ1v) is 6.83. The van der Waals surface area contributed by atoms with Crippen molar-refractivity contribution in [3.8, 4) is 0 Å². The first kappa shape index (κ1) is 14.1. The van der Waals surface area contributed by atoms with E-state index in [4.69, 9.17) is 10.9 Å². The van der Waals surface area contributed by atoms with Crippen LogP contribution in [-0.2, 0) is 6.54 Å². The third-order valence-electron chi connectivity index (χ3n) is 2.77. The molecule has 1 heterocycles. The normalized spacial score (nSPS) is 11.3. The number of aryl methyl sites for hydroxylation is 1. The largest absolute Gasteiger partial charge is 0.409 e. The molecule has 0 radical (unpaired) electrons. The summed E-state index contributed by atoms with van der Waals surface area (Å²) in [4.78, 5) is 14.3. The summed E-state index contributed by atoms with van der Waals surface area (Å²) in [7, 11) is 0. The molecule has 2 rings (SSSR count). The Morgan fingerprint density at radius 2 is 1.90 bits per heavy atom. The molecule has 0 aliphatic carbocycles. The van der Waals surface area contributed by atoms with Crippen LogP contribution in [0.4, 0.5) is 0 Å². The SMILES string of the molecule is Cc1ccc(CNC(=O)c2ccc(C(N)=NO)cc2)s1. The standard InChI is InChI=1S/C14H15N3O2S/c1-9-2-7-12(20-9)8-16-14(18)11-5-3-10(4-6-11)13(15)17-19/h2-7,19H,8H2,1H3,(H2,15,17)(H,16,18). The molecule has 0 bridgehead atoms. The highest BCUT2D eigenvalue weighted by Gasteiger charge is 2.07. The molecule has 1 amide bonds. The van der Waals surface area contributed by atoms with Crippen molar-refractivity contribution in [3.63, 3.8) is 0 Å². The molecular formula is C14H15N3O2S. The van der Waals surface area contributed by atoms with E-state index in [1.807, 2.05) is 19.1 Å². The van der Waals surface area contributed by atoms with E-state index in [2.05, 4.69) is 10.5 Å². The number of benzene rings is 1. The van der Waals surface area contributed by atoms with E-state index < -0.39 is 0 Å². The molecule has 0 spiro atoms. The van der Waals surface area contributed by atoms with Gasteiger partial charge in [0, 0.05) is 20.9 Å². The predicted molar refractivity (Wildman–Crippen MR) is 79.2 cm³/mol. The molecule has 0 saturated carbocycles. The van der Waals surface area contributed by atoms with Gasteiger partial charge in [-0.1, -0.05) is 17.3 Å². The Balaban J connectivity index is 1.99. The molecule has 104 valence electrons. The first-order valence-electron chi connectivity index (χ1n) is 6.01. The highest BCUT2D eigenvalue weighted by molar-refractivity contribution is 7.11. The molecule has 0 saturated heterocycles. The van der Waals surface area contributed by atoms with Crippen molar-refractivity contribution in [1.82, 2.24) is 5.32 Å². The van der Waals surface area contributed by atoms with Gasteiger partial charge in [-0.2, -0.15) is 0 Å². The average Bonchev–Trinajstić information content (AvgIpc) is 2.89. The Bertz CT molecular complexity index is 632. The second kappa shape index (κ2) is 6.21. The Hall–Kier alpha value is -2.34. The van der Waals surface area contributed by atoms with Crippen molar-refractivity contribution in [2.24, 2.45) is 10.9 Å². The summed E-state index contributed by atoms with van der Waals surface area (Å²) in [5, 5.41) is 14.3. The average molecular weight is 289 g/mol. The minimum Gasteiger partial charge on any atom is -0.409 e. The van der Waals surface area contributed by atoms with Gasteiger partial charge in [-0.25, -0.2) is 0 Å². The molecule has 1 aromatic carbocycles. The summed E-state index contributed by atoms with van der Waals surface area (Å²) in [6, 6.07) is 10.6. The number of amides is 1. The molecule has 5 nitrogen and oxygen atoms in total. The van der Waals surface area contributed by atoms with Crippen molar-refractivity contribution < 1.29 is 10.0 Å². The summed E-state index contributed by atoms with van der Waals surface area (Å²) >= 11 is 1.66. The number of hydrogen-bond acceptors (Lipinski definition) is 4. The van der Waals surface area contributed by atoms with E-state index >= 15 is 0 Å². The van der Waals surface area contributed by atoms with Crippen LogP contribution in [-0.4, -0.2) is 17.0 Å². The van der Waals surface area contributed by atoms with Gasteiger partial charge >= 0.3 is 0 Å². The van der Waals surface area contributed by atoms with Gasteiger partial charge in [-0.3, -0.25) is 4.79 Å². The van der Waals surface area contributed by atoms with Crippen molar-refractivity contribution in [3.05, 3.63) is 57.3 Å². The molecule has 0 fully saturated rings. The molecule has 2 aromatic rings. The molecule has 20 heavy (non-hydrogen) atoms. The molecule has 0 atom stereocenters. The lowest BCUT2D eigenvalue weighted by molar-refractivity contribution is 0.0951. The molecule has 4 N–H and O–H groups in total. The van der Waals surface area contributed by atoms with Crippen molar-refractivity contribution in [2.75, 3.05) is 0 Å². The summed E-state index contributed by atoms with van der Waals surface area (Å²) in [6.45, 7) is 2.54. The molecule has 6 heteroatoms. The van der Waals surface area contributed by atoms with Crippen LogP contribution in [0, 0.1) is 6.92 Å². The van der Waals surface area contributed by atoms with Gasteiger partial charge in [0.05, 0.1) is 6.54 Å². The van der Waals surface area contributed by atoms with Gasteiger partial charge in [0.2, 0.25) is 0 Å². The lowest BCUT2D eigenvalue weighted by Gasteiger charge is -2.04. The van der Waals surface area contributed by atoms with Gasteiger partial charge in [0.25, 0.3) is 5.91 Å². The van der Waals surface area contributed by atoms with Crippen LogP contribution in [0.15, 0.2) is 41.6 Å². The van der Waals surface area contributed by atoms with Crippen LogP contribution in [0.2, 0.25) is 0 Å². The number of nitrogens with two attached hydrogens (primary N) is 1. The second-order valence-electron chi connectivity index (χ2n) is 4.26. The van der Waals surface area contributed by atoms with Gasteiger partial charge in [0.15, 0.2) is 5.84 Å². The van der Waals surface area contributed by atoms with Crippen molar-refractivity contribution >= 4 is 23.1 Å². The summed E-state index contributed by atoms with van der Waals surface area (Å²) < 4.78 is 0. The molecule has 0 aliphatic heterocycles. The predicted octanol–water partition coefficient (Wildman–Crippen LogP) is 2.08. The van der Waals surface area contributed by atoms with Gasteiger partial charge < -0.3 is 16.3 Å². The van der Waals surface area contributed by atoms with Crippen LogP contribution in [0.3, 0.4) is 0 Å². The maximum atomic E-state index is 12.0. The first-order chi connectivity index (χ1) is 9.60. The van der Waals surface area contributed by atoms with Crippen LogP contribution < -0.4 is 11.1 Å². The summed E-state index contributed by atoms with van der Waals surface area (Å²) in [5.41, 5.74) is 6.56. The van der Waals surface area contributed by atoms with E-state index in [1.165, 1.54) is 4.88 Å². The Kier molecular flexibility index (Phi) is 4.37. The van der Waals surface area contributed by atoms with E-state index in [1.54, 1.807) is 35.6 Å². The van der Waals surface area contributed by atoms with E-state index in [0.29, 0.717) is 17.7 Å². The fourth-order valence-electron chi connectivity index (χ4n) is 1.70. The summed E-state index contributed by atoms with van der Waals surface area (Å²) in [6.07, 6.45) is 0. The van der Waals surface area contributed by atoms with Crippen LogP contribution >= 0.6 is 11.3 Å². The monoisotopic (exact) mass is 289 g/mol. The third kappa shape index (κ3) is 3.36. The van der Waals surface area contributed by atoms with Crippen LogP contribution in [0.1, 0.15) is 25.7 Å². The number of nitrogens with zero attached hydrogens (tertiary/aromatic N) is 1. The number of hydrogen-bond donors (Lipinski definition) is 3. The topological polar surface area (TPSA) is 87.7 Å². The van der Waals surface area contributed by atoms with Gasteiger partial charge in [0.1, 0.15) is 0 Å². The number of carbonyl (C=O) groups excluding carboxylic acids is 1. The Morgan fingerprint density at radius 1 is 1.25 bits per heavy atom. The molecular weight excluding hydrogens is 274 g/mol. The second-order valence-corrected chi connectivity index (χ2v) is 5.63. The zero-order valence-corrected chi connectivity index (χ0v) is 11.8. The molecule has 0 unspecified atom stereocenters. The smallest absolute Gasteiger partial charge is 0.251 e. The van der Waals surface area contributed by atoms with Crippen LogP contribution in [0.25, 0.3) is 0 Å². The number of oxime groups is 1. The number of rotatable bonds is 4. The minimum absolute atomic E-state index is 0.0195. The molecule has 1 aromatic heterocycles. The van der Waals surface area contributed by atoms with E-state index in [-0.39, 0.29) is 11.7 Å². The van der Waals surface area contributed by atoms with E-state index in [0.717, 1.165) is 4.88 Å². The minimum atomic E-state index is -0.151. The van der Waals surface area contributed by atoms with Gasteiger partial charge in [-0.15, -0.1) is 11.3 Å². The fraction of sp³-hybridized carbons (Fsp3) is 0.143. The Morgan fingerprint density at radius 3 is 2.45 bits per heavy atom. The molecule has 0 aliphatic rings.